The van der Waals surface area contributed by atoms with Gasteiger partial charge in [-0.1, -0.05) is 0 Å². The molecule has 5 nitrogen and oxygen atoms in total. The Kier molecular flexibility index (Phi) is 3.38. The van der Waals surface area contributed by atoms with Gasteiger partial charge in [0.1, 0.15) is 0 Å². The number of hydrogen-bond donors (Lipinski definition) is 1. The van der Waals surface area contributed by atoms with Gasteiger partial charge in [-0.3, -0.25) is 0 Å². The van der Waals surface area contributed by atoms with E-state index >= 15 is 0 Å². The summed E-state index contributed by atoms with van der Waals surface area (Å²) in [6.07, 6.45) is 4.76. The summed E-state index contributed by atoms with van der Waals surface area (Å²) in [5, 5.41) is 13.4. The Morgan fingerprint density at radius 2 is 2.50 bits per heavy atom. The van der Waals surface area contributed by atoms with Gasteiger partial charge in [-0.15, -0.1) is 11.8 Å². The molecule has 1 aliphatic rings. The van der Waals surface area contributed by atoms with Crippen molar-refractivity contribution >= 4 is 17.7 Å². The molecule has 1 aromatic rings. The first-order chi connectivity index (χ1) is 7.74. The highest BCUT2D eigenvalue weighted by Gasteiger charge is 2.25. The predicted octanol–water partition coefficient (Wildman–Crippen LogP) is 2.01. The van der Waals surface area contributed by atoms with Gasteiger partial charge in [0.2, 0.25) is 0 Å². The lowest BCUT2D eigenvalue weighted by atomic mass is 10.2. The van der Waals surface area contributed by atoms with Crippen molar-refractivity contribution in [2.24, 2.45) is 0 Å². The summed E-state index contributed by atoms with van der Waals surface area (Å²) < 4.78 is 6.58. The minimum absolute atomic E-state index is 0.128. The fraction of sp³-hybridized carbons (Fsp3) is 0.600. The number of rotatable bonds is 3. The molecule has 0 bridgehead atoms. The minimum atomic E-state index is -0.986. The van der Waals surface area contributed by atoms with Crippen molar-refractivity contribution < 1.29 is 14.6 Å². The molecule has 0 aliphatic carbocycles. The van der Waals surface area contributed by atoms with E-state index in [1.165, 1.54) is 19.7 Å². The Morgan fingerprint density at radius 3 is 3.06 bits per heavy atom. The van der Waals surface area contributed by atoms with Crippen LogP contribution in [0.5, 0.6) is 5.75 Å². The van der Waals surface area contributed by atoms with Crippen molar-refractivity contribution in [3.63, 3.8) is 0 Å². The summed E-state index contributed by atoms with van der Waals surface area (Å²) >= 11 is 1.75. The molecular weight excluding hydrogens is 228 g/mol. The van der Waals surface area contributed by atoms with E-state index in [2.05, 4.69) is 5.10 Å². The number of methoxy groups -OCH3 is 1. The molecule has 1 fully saturated rings. The molecular formula is C10H14N2O3S. The second-order valence-electron chi connectivity index (χ2n) is 3.63. The average Bonchev–Trinajstić information content (AvgIpc) is 2.73. The molecule has 0 saturated carbocycles. The smallest absolute Gasteiger partial charge is 0.358 e. The lowest BCUT2D eigenvalue weighted by Crippen LogP contribution is -2.17. The molecule has 1 saturated heterocycles. The molecule has 2 heterocycles. The third-order valence-corrected chi connectivity index (χ3v) is 3.96. The van der Waals surface area contributed by atoms with Crippen LogP contribution in [0.2, 0.25) is 0 Å². The molecule has 0 amide bonds. The van der Waals surface area contributed by atoms with Crippen LogP contribution < -0.4 is 4.74 Å². The molecule has 0 radical (unpaired) electrons. The van der Waals surface area contributed by atoms with Gasteiger partial charge in [-0.05, 0) is 25.0 Å². The normalized spacial score (nSPS) is 20.7. The predicted molar refractivity (Wildman–Crippen MR) is 61.1 cm³/mol. The highest BCUT2D eigenvalue weighted by Crippen LogP contribution is 2.36. The van der Waals surface area contributed by atoms with Crippen LogP contribution in [0.3, 0.4) is 0 Å². The number of aromatic nitrogens is 2. The standard InChI is InChI=1S/C10H14N2O3S/c1-15-7-6-11-12(9(7)10(13)14)8-4-2-3-5-16-8/h6,8H,2-5H2,1H3,(H,13,14). The van der Waals surface area contributed by atoms with E-state index in [0.29, 0.717) is 5.75 Å². The fourth-order valence-corrected chi connectivity index (χ4v) is 3.11. The summed E-state index contributed by atoms with van der Waals surface area (Å²) in [5.74, 6) is 0.408. The van der Waals surface area contributed by atoms with E-state index < -0.39 is 5.97 Å². The first kappa shape index (κ1) is 11.3. The lowest BCUT2D eigenvalue weighted by molar-refractivity contribution is 0.0678. The van der Waals surface area contributed by atoms with E-state index in [1.54, 1.807) is 16.4 Å². The molecule has 0 spiro atoms. The first-order valence-corrected chi connectivity index (χ1v) is 6.25. The number of thioether (sulfide) groups is 1. The maximum absolute atomic E-state index is 11.2. The molecule has 1 aliphatic heterocycles. The second-order valence-corrected chi connectivity index (χ2v) is 4.92. The van der Waals surface area contributed by atoms with Gasteiger partial charge in [0.05, 0.1) is 18.7 Å². The summed E-state index contributed by atoms with van der Waals surface area (Å²) in [5.41, 5.74) is 0.155. The molecule has 1 aromatic heterocycles. The number of aromatic carboxylic acids is 1. The molecule has 1 N–H and O–H groups in total. The van der Waals surface area contributed by atoms with E-state index in [-0.39, 0.29) is 11.1 Å². The van der Waals surface area contributed by atoms with Gasteiger partial charge >= 0.3 is 5.97 Å². The largest absolute Gasteiger partial charge is 0.493 e. The Bertz CT molecular complexity index is 385. The van der Waals surface area contributed by atoms with Crippen LogP contribution in [0.4, 0.5) is 0 Å². The SMILES string of the molecule is COc1cnn(C2CCCCS2)c1C(=O)O. The number of carboxylic acids is 1. The average molecular weight is 242 g/mol. The quantitative estimate of drug-likeness (QED) is 0.878. The Balaban J connectivity index is 2.32. The zero-order valence-electron chi connectivity index (χ0n) is 9.05. The number of ether oxygens (including phenoxy) is 1. The lowest BCUT2D eigenvalue weighted by Gasteiger charge is -2.22. The zero-order chi connectivity index (χ0) is 11.5. The molecule has 2 rings (SSSR count). The second kappa shape index (κ2) is 4.78. The topological polar surface area (TPSA) is 64.4 Å². The van der Waals surface area contributed by atoms with E-state index in [0.717, 1.165) is 18.6 Å². The van der Waals surface area contributed by atoms with Crippen molar-refractivity contribution in [2.75, 3.05) is 12.9 Å². The van der Waals surface area contributed by atoms with Crippen LogP contribution in [-0.4, -0.2) is 33.7 Å². The summed E-state index contributed by atoms with van der Waals surface area (Å²) in [6, 6.07) is 0. The third-order valence-electron chi connectivity index (χ3n) is 2.61. The molecule has 1 atom stereocenters. The molecule has 0 aromatic carbocycles. The van der Waals surface area contributed by atoms with Crippen molar-refractivity contribution in [2.45, 2.75) is 24.6 Å². The number of carboxylic acid groups (broad SMARTS) is 1. The Hall–Kier alpha value is -1.17. The highest BCUT2D eigenvalue weighted by atomic mass is 32.2. The van der Waals surface area contributed by atoms with Crippen molar-refractivity contribution in [1.82, 2.24) is 9.78 Å². The molecule has 16 heavy (non-hydrogen) atoms. The molecule has 88 valence electrons. The van der Waals surface area contributed by atoms with Gasteiger partial charge in [0, 0.05) is 0 Å². The minimum Gasteiger partial charge on any atom is -0.493 e. The monoisotopic (exact) mass is 242 g/mol. The maximum Gasteiger partial charge on any atom is 0.358 e. The zero-order valence-corrected chi connectivity index (χ0v) is 9.87. The van der Waals surface area contributed by atoms with E-state index in [1.807, 2.05) is 0 Å². The van der Waals surface area contributed by atoms with Gasteiger partial charge < -0.3 is 9.84 Å². The van der Waals surface area contributed by atoms with Crippen LogP contribution >= 0.6 is 11.8 Å². The number of hydrogen-bond acceptors (Lipinski definition) is 4. The third kappa shape index (κ3) is 2.02. The van der Waals surface area contributed by atoms with Crippen molar-refractivity contribution in [1.29, 1.82) is 0 Å². The van der Waals surface area contributed by atoms with Crippen molar-refractivity contribution in [3.8, 4) is 5.75 Å². The Morgan fingerprint density at radius 1 is 1.69 bits per heavy atom. The molecule has 6 heteroatoms. The van der Waals surface area contributed by atoms with Crippen LogP contribution in [0.25, 0.3) is 0 Å². The van der Waals surface area contributed by atoms with E-state index in [4.69, 9.17) is 9.84 Å². The van der Waals surface area contributed by atoms with Crippen LogP contribution in [0, 0.1) is 0 Å². The number of carbonyl (C=O) groups is 1. The summed E-state index contributed by atoms with van der Waals surface area (Å²) in [6.45, 7) is 0. The summed E-state index contributed by atoms with van der Waals surface area (Å²) in [4.78, 5) is 11.2. The van der Waals surface area contributed by atoms with Crippen molar-refractivity contribution in [3.05, 3.63) is 11.9 Å². The summed E-state index contributed by atoms with van der Waals surface area (Å²) in [7, 11) is 1.46. The first-order valence-electron chi connectivity index (χ1n) is 5.20. The van der Waals surface area contributed by atoms with Gasteiger partial charge in [-0.2, -0.15) is 5.10 Å². The van der Waals surface area contributed by atoms with Crippen LogP contribution in [-0.2, 0) is 0 Å². The Labute approximate surface area is 97.8 Å². The van der Waals surface area contributed by atoms with Crippen LogP contribution in [0.15, 0.2) is 6.20 Å². The van der Waals surface area contributed by atoms with Gasteiger partial charge in [-0.25, -0.2) is 9.48 Å². The van der Waals surface area contributed by atoms with Gasteiger partial charge in [0.15, 0.2) is 11.4 Å². The fourth-order valence-electron chi connectivity index (χ4n) is 1.83. The highest BCUT2D eigenvalue weighted by molar-refractivity contribution is 7.99. The maximum atomic E-state index is 11.2. The van der Waals surface area contributed by atoms with Crippen LogP contribution in [0.1, 0.15) is 35.1 Å². The number of nitrogens with zero attached hydrogens (tertiary/aromatic N) is 2. The van der Waals surface area contributed by atoms with E-state index in [9.17, 15) is 4.79 Å². The van der Waals surface area contributed by atoms with Gasteiger partial charge in [0.25, 0.3) is 0 Å². The molecule has 1 unspecified atom stereocenters.